The summed E-state index contributed by atoms with van der Waals surface area (Å²) in [6.45, 7) is 0. The molecule has 4 heteroatoms. The molecular weight excluding hydrogens is 697 g/mol. The van der Waals surface area contributed by atoms with Gasteiger partial charge in [0.05, 0.1) is 39.0 Å². The molecule has 13 aromatic rings. The Kier molecular flexibility index (Phi) is 4.85. The van der Waals surface area contributed by atoms with Crippen molar-refractivity contribution in [3.63, 3.8) is 0 Å². The highest BCUT2D eigenvalue weighted by atomic mass is 16.3. The molecule has 0 unspecified atom stereocenters. The van der Waals surface area contributed by atoms with Crippen LogP contribution in [0.3, 0.4) is 0 Å². The molecule has 0 amide bonds. The first-order valence-electron chi connectivity index (χ1n) is 19.6. The van der Waals surface area contributed by atoms with Crippen molar-refractivity contribution in [1.29, 1.82) is 5.26 Å². The first-order valence-corrected chi connectivity index (χ1v) is 19.6. The maximum Gasteiger partial charge on any atom is 0.146 e. The van der Waals surface area contributed by atoms with E-state index in [1.165, 1.54) is 38.6 Å². The number of furan rings is 2. The fraction of sp³-hybridized carbons (Fsp3) is 0.0377. The van der Waals surface area contributed by atoms with Crippen molar-refractivity contribution in [1.82, 2.24) is 4.40 Å². The highest BCUT2D eigenvalue weighted by Crippen LogP contribution is 2.61. The third kappa shape index (κ3) is 3.17. The molecule has 3 aliphatic carbocycles. The van der Waals surface area contributed by atoms with Crippen LogP contribution in [0.25, 0.3) is 104 Å². The molecule has 4 heterocycles. The van der Waals surface area contributed by atoms with E-state index in [1.54, 1.807) is 0 Å². The molecule has 16 rings (SSSR count). The lowest BCUT2D eigenvalue weighted by molar-refractivity contribution is 0.672. The number of nitrogens with zero attached hydrogens (tertiary/aromatic N) is 2. The van der Waals surface area contributed by atoms with Crippen LogP contribution in [0, 0.1) is 11.3 Å². The minimum absolute atomic E-state index is 0.0357. The summed E-state index contributed by atoms with van der Waals surface area (Å²) in [5, 5.41) is 24.7. The van der Waals surface area contributed by atoms with E-state index in [1.807, 2.05) is 6.07 Å². The standard InChI is InChI=1S/C53H26N2O2/c54-25-28-22-39-47(48-42(28)43-29-13-3-5-15-31(29)44(48)32-16-6-4-14-30(32)43)49-51-38(24-37-36-21-26-11-1-2-12-27(26)23-41(36)57-52(37)49)46-50(55(39)51)34-18-8-7-17-33(34)45-35-19-9-10-20-40(35)56-53(45)46/h1-24,43-44H. The van der Waals surface area contributed by atoms with Gasteiger partial charge in [0.15, 0.2) is 0 Å². The largest absolute Gasteiger partial charge is 0.455 e. The number of fused-ring (bicyclic) bond motifs is 18. The Morgan fingerprint density at radius 3 is 1.77 bits per heavy atom. The van der Waals surface area contributed by atoms with Crippen molar-refractivity contribution >= 4 is 104 Å². The molecule has 3 aliphatic rings. The van der Waals surface area contributed by atoms with Crippen LogP contribution in [0.5, 0.6) is 0 Å². The smallest absolute Gasteiger partial charge is 0.146 e. The van der Waals surface area contributed by atoms with Gasteiger partial charge in [-0.05, 0) is 79.9 Å². The first kappa shape index (κ1) is 28.8. The fourth-order valence-electron chi connectivity index (χ4n) is 11.6. The molecule has 9 aromatic carbocycles. The highest BCUT2D eigenvalue weighted by Gasteiger charge is 2.45. The van der Waals surface area contributed by atoms with E-state index in [0.717, 1.165) is 104 Å². The van der Waals surface area contributed by atoms with Crippen molar-refractivity contribution in [2.24, 2.45) is 0 Å². The van der Waals surface area contributed by atoms with Crippen LogP contribution < -0.4 is 0 Å². The van der Waals surface area contributed by atoms with Crippen molar-refractivity contribution in [3.05, 3.63) is 185 Å². The molecule has 0 N–H and O–H groups in total. The zero-order chi connectivity index (χ0) is 36.8. The second kappa shape index (κ2) is 9.60. The normalized spacial score (nSPS) is 16.1. The Bertz CT molecular complexity index is 4030. The molecule has 0 atom stereocenters. The molecule has 0 fully saturated rings. The predicted octanol–water partition coefficient (Wildman–Crippen LogP) is 13.8. The maximum absolute atomic E-state index is 11.2. The second-order valence-electron chi connectivity index (χ2n) is 16.1. The lowest BCUT2D eigenvalue weighted by Crippen LogP contribution is -2.28. The van der Waals surface area contributed by atoms with Crippen LogP contribution in [-0.4, -0.2) is 4.40 Å². The Labute approximate surface area is 323 Å². The zero-order valence-electron chi connectivity index (χ0n) is 30.2. The van der Waals surface area contributed by atoms with Crippen molar-refractivity contribution in [2.75, 3.05) is 0 Å². The van der Waals surface area contributed by atoms with Crippen LogP contribution >= 0.6 is 0 Å². The SMILES string of the molecule is N#Cc1cc2c(c3c1C1c4ccccc4C3c3ccccc31)c1c3oc4cc5ccccc5cc4c3cc3c4c5oc6ccccc6c5c5ccccc5c4n2c31. The van der Waals surface area contributed by atoms with Gasteiger partial charge >= 0.3 is 0 Å². The van der Waals surface area contributed by atoms with Gasteiger partial charge in [-0.1, -0.05) is 115 Å². The zero-order valence-corrected chi connectivity index (χ0v) is 30.2. The van der Waals surface area contributed by atoms with Crippen molar-refractivity contribution < 1.29 is 8.83 Å². The lowest BCUT2D eigenvalue weighted by Gasteiger charge is -2.43. The molecule has 4 nitrogen and oxygen atoms in total. The Hall–Kier alpha value is -7.61. The molecule has 2 bridgehead atoms. The molecule has 0 radical (unpaired) electrons. The number of nitriles is 1. The molecule has 57 heavy (non-hydrogen) atoms. The van der Waals surface area contributed by atoms with E-state index in [2.05, 4.69) is 150 Å². The van der Waals surface area contributed by atoms with E-state index in [4.69, 9.17) is 8.83 Å². The number of rotatable bonds is 0. The molecule has 0 saturated heterocycles. The van der Waals surface area contributed by atoms with Crippen molar-refractivity contribution in [3.8, 4) is 6.07 Å². The van der Waals surface area contributed by atoms with E-state index < -0.39 is 0 Å². The summed E-state index contributed by atoms with van der Waals surface area (Å²) in [7, 11) is 0. The van der Waals surface area contributed by atoms with Gasteiger partial charge in [-0.3, -0.25) is 0 Å². The van der Waals surface area contributed by atoms with Gasteiger partial charge in [-0.15, -0.1) is 0 Å². The Morgan fingerprint density at radius 1 is 0.439 bits per heavy atom. The summed E-state index contributed by atoms with van der Waals surface area (Å²) in [6.07, 6.45) is 0. The van der Waals surface area contributed by atoms with E-state index in [9.17, 15) is 5.26 Å². The summed E-state index contributed by atoms with van der Waals surface area (Å²) in [4.78, 5) is 0. The van der Waals surface area contributed by atoms with Gasteiger partial charge in [0.1, 0.15) is 22.3 Å². The number of benzene rings is 9. The van der Waals surface area contributed by atoms with Crippen molar-refractivity contribution in [2.45, 2.75) is 11.8 Å². The van der Waals surface area contributed by atoms with Gasteiger partial charge in [-0.2, -0.15) is 5.26 Å². The average molecular weight is 723 g/mol. The van der Waals surface area contributed by atoms with Crippen LogP contribution in [0.15, 0.2) is 154 Å². The van der Waals surface area contributed by atoms with Gasteiger partial charge < -0.3 is 13.2 Å². The molecule has 260 valence electrons. The summed E-state index contributed by atoms with van der Waals surface area (Å²) in [6, 6.07) is 55.2. The van der Waals surface area contributed by atoms with Gasteiger partial charge in [0.25, 0.3) is 0 Å². The molecule has 0 spiro atoms. The molecule has 0 aliphatic heterocycles. The number of para-hydroxylation sites is 1. The maximum atomic E-state index is 11.2. The van der Waals surface area contributed by atoms with E-state index in [0.29, 0.717) is 0 Å². The Balaban J connectivity index is 1.26. The lowest BCUT2D eigenvalue weighted by atomic mass is 9.59. The Morgan fingerprint density at radius 2 is 1.04 bits per heavy atom. The van der Waals surface area contributed by atoms with Gasteiger partial charge in [-0.25, -0.2) is 0 Å². The summed E-state index contributed by atoms with van der Waals surface area (Å²) in [5.74, 6) is -0.0767. The van der Waals surface area contributed by atoms with Gasteiger partial charge in [0, 0.05) is 49.5 Å². The first-order chi connectivity index (χ1) is 28.3. The summed E-state index contributed by atoms with van der Waals surface area (Å²) < 4.78 is 16.6. The van der Waals surface area contributed by atoms with Gasteiger partial charge in [0.2, 0.25) is 0 Å². The summed E-state index contributed by atoms with van der Waals surface area (Å²) >= 11 is 0. The molecule has 4 aromatic heterocycles. The number of hydrogen-bond acceptors (Lipinski definition) is 3. The minimum Gasteiger partial charge on any atom is -0.455 e. The summed E-state index contributed by atoms with van der Waals surface area (Å²) in [5.41, 5.74) is 15.1. The number of aromatic nitrogens is 1. The third-order valence-corrected chi connectivity index (χ3v) is 13.6. The monoisotopic (exact) mass is 722 g/mol. The fourth-order valence-corrected chi connectivity index (χ4v) is 11.6. The number of hydrogen-bond donors (Lipinski definition) is 0. The highest BCUT2D eigenvalue weighted by molar-refractivity contribution is 6.41. The van der Waals surface area contributed by atoms with Crippen LogP contribution in [0.2, 0.25) is 0 Å². The quantitative estimate of drug-likeness (QED) is 0.157. The van der Waals surface area contributed by atoms with E-state index in [-0.39, 0.29) is 11.8 Å². The predicted molar refractivity (Wildman–Crippen MR) is 230 cm³/mol. The minimum atomic E-state index is -0.0410. The van der Waals surface area contributed by atoms with Crippen LogP contribution in [-0.2, 0) is 0 Å². The second-order valence-corrected chi connectivity index (χ2v) is 16.1. The van der Waals surface area contributed by atoms with E-state index >= 15 is 0 Å². The topological polar surface area (TPSA) is 54.5 Å². The molecular formula is C53H26N2O2. The third-order valence-electron chi connectivity index (χ3n) is 13.6. The molecule has 0 saturated carbocycles. The van der Waals surface area contributed by atoms with Crippen LogP contribution in [0.1, 0.15) is 50.8 Å². The van der Waals surface area contributed by atoms with Crippen LogP contribution in [0.4, 0.5) is 0 Å². The average Bonchev–Trinajstić information content (AvgIpc) is 4.01.